The van der Waals surface area contributed by atoms with Crippen LogP contribution in [0.5, 0.6) is 0 Å². The van der Waals surface area contributed by atoms with Gasteiger partial charge in [0, 0.05) is 18.7 Å². The number of nitrogens with one attached hydrogen (secondary N) is 1. The highest BCUT2D eigenvalue weighted by Crippen LogP contribution is 2.16. The second-order valence-corrected chi connectivity index (χ2v) is 8.12. The molecule has 0 aliphatic carbocycles. The van der Waals surface area contributed by atoms with Crippen LogP contribution in [0.1, 0.15) is 15.9 Å². The van der Waals surface area contributed by atoms with Gasteiger partial charge in [0.25, 0.3) is 5.91 Å². The number of ether oxygens (including phenoxy) is 1. The molecule has 8 nitrogen and oxygen atoms in total. The summed E-state index contributed by atoms with van der Waals surface area (Å²) >= 11 is 0. The molecule has 28 heavy (non-hydrogen) atoms. The number of nitrogens with two attached hydrogens (primary N) is 1. The summed E-state index contributed by atoms with van der Waals surface area (Å²) < 4.78 is 32.9. The number of hydrogen-bond donors (Lipinski definition) is 2. The van der Waals surface area contributed by atoms with Crippen LogP contribution in [0.2, 0.25) is 0 Å². The summed E-state index contributed by atoms with van der Waals surface area (Å²) in [6.07, 6.45) is -0.864. The predicted octanol–water partition coefficient (Wildman–Crippen LogP) is 0.491. The molecule has 2 aromatic carbocycles. The largest absolute Gasteiger partial charge is 0.367 e. The Kier molecular flexibility index (Phi) is 6.08. The molecule has 0 radical (unpaired) electrons. The van der Waals surface area contributed by atoms with Crippen molar-refractivity contribution in [3.8, 4) is 0 Å². The van der Waals surface area contributed by atoms with Gasteiger partial charge in [-0.25, -0.2) is 13.1 Å². The molecular formula is C19H21N3O5S. The number of nitrogens with zero attached hydrogens (tertiary/aromatic N) is 1. The minimum atomic E-state index is -3.79. The van der Waals surface area contributed by atoms with Gasteiger partial charge >= 0.3 is 0 Å². The van der Waals surface area contributed by atoms with Crippen molar-refractivity contribution in [1.82, 2.24) is 9.62 Å². The lowest BCUT2D eigenvalue weighted by Gasteiger charge is -2.31. The van der Waals surface area contributed by atoms with Gasteiger partial charge in [-0.2, -0.15) is 0 Å². The van der Waals surface area contributed by atoms with Crippen LogP contribution in [0.25, 0.3) is 0 Å². The highest BCUT2D eigenvalue weighted by Gasteiger charge is 2.28. The van der Waals surface area contributed by atoms with Crippen molar-refractivity contribution in [2.24, 2.45) is 5.73 Å². The van der Waals surface area contributed by atoms with Gasteiger partial charge in [-0.3, -0.25) is 9.59 Å². The van der Waals surface area contributed by atoms with Crippen molar-refractivity contribution in [2.45, 2.75) is 17.5 Å². The van der Waals surface area contributed by atoms with Crippen molar-refractivity contribution < 1.29 is 22.7 Å². The van der Waals surface area contributed by atoms with Gasteiger partial charge in [0.1, 0.15) is 0 Å². The first kappa shape index (κ1) is 20.0. The molecule has 148 valence electrons. The molecule has 3 rings (SSSR count). The Morgan fingerprint density at radius 1 is 1.14 bits per heavy atom. The fraction of sp³-hybridized carbons (Fsp3) is 0.263. The number of amides is 2. The molecule has 1 atom stereocenters. The van der Waals surface area contributed by atoms with Crippen LogP contribution in [-0.2, 0) is 26.1 Å². The molecule has 0 spiro atoms. The van der Waals surface area contributed by atoms with Gasteiger partial charge in [-0.1, -0.05) is 36.4 Å². The maximum atomic E-state index is 12.7. The average molecular weight is 403 g/mol. The fourth-order valence-electron chi connectivity index (χ4n) is 2.84. The second kappa shape index (κ2) is 8.51. The maximum Gasteiger partial charge on any atom is 0.254 e. The van der Waals surface area contributed by atoms with E-state index in [1.807, 2.05) is 30.3 Å². The van der Waals surface area contributed by atoms with Crippen molar-refractivity contribution >= 4 is 21.8 Å². The predicted molar refractivity (Wildman–Crippen MR) is 102 cm³/mol. The molecule has 0 aromatic heterocycles. The standard InChI is InChI=1S/C19H21N3O5S/c20-18(23)17-13-22(9-10-27-17)19(24)15-7-4-8-16(11-15)28(25,26)21-12-14-5-2-1-3-6-14/h1-8,11,17,21H,9-10,12-13H2,(H2,20,23). The molecular weight excluding hydrogens is 382 g/mol. The Hall–Kier alpha value is -2.75. The normalized spacial score (nSPS) is 17.3. The van der Waals surface area contributed by atoms with Crippen molar-refractivity contribution in [1.29, 1.82) is 0 Å². The van der Waals surface area contributed by atoms with E-state index in [4.69, 9.17) is 10.5 Å². The lowest BCUT2D eigenvalue weighted by atomic mass is 10.1. The molecule has 0 saturated carbocycles. The van der Waals surface area contributed by atoms with Crippen LogP contribution in [0.3, 0.4) is 0 Å². The molecule has 2 aromatic rings. The third-order valence-electron chi connectivity index (χ3n) is 4.37. The van der Waals surface area contributed by atoms with E-state index in [1.54, 1.807) is 0 Å². The van der Waals surface area contributed by atoms with E-state index in [1.165, 1.54) is 29.2 Å². The van der Waals surface area contributed by atoms with Crippen LogP contribution >= 0.6 is 0 Å². The SMILES string of the molecule is NC(=O)C1CN(C(=O)c2cccc(S(=O)(=O)NCc3ccccc3)c2)CCO1. The van der Waals surface area contributed by atoms with Crippen LogP contribution in [-0.4, -0.2) is 50.9 Å². The van der Waals surface area contributed by atoms with Crippen LogP contribution in [0.15, 0.2) is 59.5 Å². The third-order valence-corrected chi connectivity index (χ3v) is 5.77. The Balaban J connectivity index is 1.74. The molecule has 1 aliphatic heterocycles. The molecule has 1 fully saturated rings. The summed E-state index contributed by atoms with van der Waals surface area (Å²) in [5.41, 5.74) is 6.28. The molecule has 1 saturated heterocycles. The van der Waals surface area contributed by atoms with E-state index in [-0.39, 0.29) is 36.1 Å². The first-order valence-electron chi connectivity index (χ1n) is 8.71. The van der Waals surface area contributed by atoms with Gasteiger partial charge in [-0.15, -0.1) is 0 Å². The van der Waals surface area contributed by atoms with E-state index in [0.717, 1.165) is 5.56 Å². The summed E-state index contributed by atoms with van der Waals surface area (Å²) in [6, 6.07) is 14.9. The van der Waals surface area contributed by atoms with E-state index in [9.17, 15) is 18.0 Å². The van der Waals surface area contributed by atoms with Crippen LogP contribution < -0.4 is 10.5 Å². The van der Waals surface area contributed by atoms with Crippen molar-refractivity contribution in [3.05, 3.63) is 65.7 Å². The van der Waals surface area contributed by atoms with Crippen LogP contribution in [0.4, 0.5) is 0 Å². The van der Waals surface area contributed by atoms with Crippen molar-refractivity contribution in [2.75, 3.05) is 19.7 Å². The Morgan fingerprint density at radius 3 is 2.61 bits per heavy atom. The third kappa shape index (κ3) is 4.75. The van der Waals surface area contributed by atoms with Gasteiger partial charge in [0.2, 0.25) is 15.9 Å². The number of hydrogen-bond acceptors (Lipinski definition) is 5. The smallest absolute Gasteiger partial charge is 0.254 e. The van der Waals surface area contributed by atoms with Gasteiger partial charge in [0.15, 0.2) is 6.10 Å². The zero-order valence-electron chi connectivity index (χ0n) is 15.1. The number of morpholine rings is 1. The first-order chi connectivity index (χ1) is 13.4. The summed E-state index contributed by atoms with van der Waals surface area (Å²) in [5.74, 6) is -1.02. The summed E-state index contributed by atoms with van der Waals surface area (Å²) in [4.78, 5) is 25.5. The molecule has 2 amide bonds. The van der Waals surface area contributed by atoms with Crippen LogP contribution in [0, 0.1) is 0 Å². The monoisotopic (exact) mass is 403 g/mol. The van der Waals surface area contributed by atoms with Gasteiger partial charge < -0.3 is 15.4 Å². The zero-order valence-corrected chi connectivity index (χ0v) is 15.9. The minimum absolute atomic E-state index is 0.00556. The lowest BCUT2D eigenvalue weighted by Crippen LogP contribution is -2.50. The summed E-state index contributed by atoms with van der Waals surface area (Å²) in [6.45, 7) is 0.671. The van der Waals surface area contributed by atoms with E-state index in [2.05, 4.69) is 4.72 Å². The van der Waals surface area contributed by atoms with Crippen molar-refractivity contribution in [3.63, 3.8) is 0 Å². The quantitative estimate of drug-likeness (QED) is 0.728. The summed E-state index contributed by atoms with van der Waals surface area (Å²) in [7, 11) is -3.79. The topological polar surface area (TPSA) is 119 Å². The fourth-order valence-corrected chi connectivity index (χ4v) is 3.91. The molecule has 1 aliphatic rings. The second-order valence-electron chi connectivity index (χ2n) is 6.35. The Bertz CT molecular complexity index is 963. The van der Waals surface area contributed by atoms with E-state index >= 15 is 0 Å². The molecule has 9 heteroatoms. The number of rotatable bonds is 6. The number of primary amides is 1. The number of benzene rings is 2. The Morgan fingerprint density at radius 2 is 1.89 bits per heavy atom. The van der Waals surface area contributed by atoms with E-state index in [0.29, 0.717) is 6.54 Å². The van der Waals surface area contributed by atoms with E-state index < -0.39 is 22.0 Å². The van der Waals surface area contributed by atoms with Gasteiger partial charge in [-0.05, 0) is 23.8 Å². The van der Waals surface area contributed by atoms with Gasteiger partial charge in [0.05, 0.1) is 18.0 Å². The molecule has 1 unspecified atom stereocenters. The summed E-state index contributed by atoms with van der Waals surface area (Å²) in [5, 5.41) is 0. The zero-order chi connectivity index (χ0) is 20.1. The lowest BCUT2D eigenvalue weighted by molar-refractivity contribution is -0.133. The number of carbonyl (C=O) groups is 2. The number of sulfonamides is 1. The Labute approximate surface area is 163 Å². The maximum absolute atomic E-state index is 12.7. The average Bonchev–Trinajstić information content (AvgIpc) is 2.73. The number of carbonyl (C=O) groups excluding carboxylic acids is 2. The molecule has 0 bridgehead atoms. The molecule has 1 heterocycles. The highest BCUT2D eigenvalue weighted by atomic mass is 32.2. The molecule has 3 N–H and O–H groups in total. The highest BCUT2D eigenvalue weighted by molar-refractivity contribution is 7.89. The first-order valence-corrected chi connectivity index (χ1v) is 10.2. The minimum Gasteiger partial charge on any atom is -0.367 e.